The summed E-state index contributed by atoms with van der Waals surface area (Å²) in [7, 11) is 0. The molecule has 36 heavy (non-hydrogen) atoms. The fourth-order valence-electron chi connectivity index (χ4n) is 4.01. The van der Waals surface area contributed by atoms with Crippen LogP contribution >= 0.6 is 0 Å². The van der Waals surface area contributed by atoms with Crippen LogP contribution in [0.25, 0.3) is 11.3 Å². The maximum absolute atomic E-state index is 12.7. The van der Waals surface area contributed by atoms with Crippen molar-refractivity contribution in [3.05, 3.63) is 83.0 Å². The minimum absolute atomic E-state index is 0.00576. The Morgan fingerprint density at radius 1 is 1.17 bits per heavy atom. The summed E-state index contributed by atoms with van der Waals surface area (Å²) in [6, 6.07) is 14.4. The Morgan fingerprint density at radius 2 is 1.89 bits per heavy atom. The number of benzene rings is 2. The van der Waals surface area contributed by atoms with E-state index in [-0.39, 0.29) is 18.6 Å². The summed E-state index contributed by atoms with van der Waals surface area (Å²) >= 11 is 0. The average molecular weight is 500 g/mol. The SMILES string of the molecule is Cc1cc(-c2ccc(OC3CN(Cc4ccc(C(F)(F)F)cc4)C3)cn2)ccc1C(=O)NC[C@H](C)O. The molecule has 2 heterocycles. The van der Waals surface area contributed by atoms with E-state index >= 15 is 0 Å². The van der Waals surface area contributed by atoms with Crippen molar-refractivity contribution >= 4 is 5.91 Å². The highest BCUT2D eigenvalue weighted by atomic mass is 19.4. The molecule has 4 rings (SSSR count). The number of aliphatic hydroxyl groups excluding tert-OH is 1. The molecule has 3 aromatic rings. The maximum atomic E-state index is 12.7. The first kappa shape index (κ1) is 25.7. The predicted octanol–water partition coefficient (Wildman–Crippen LogP) is 4.45. The van der Waals surface area contributed by atoms with Crippen LogP contribution < -0.4 is 10.1 Å². The summed E-state index contributed by atoms with van der Waals surface area (Å²) in [5, 5.41) is 12.0. The van der Waals surface area contributed by atoms with Gasteiger partial charge in [-0.15, -0.1) is 0 Å². The molecule has 9 heteroatoms. The fourth-order valence-corrected chi connectivity index (χ4v) is 4.01. The van der Waals surface area contributed by atoms with Gasteiger partial charge < -0.3 is 15.2 Å². The van der Waals surface area contributed by atoms with E-state index in [0.29, 0.717) is 30.9 Å². The van der Waals surface area contributed by atoms with Gasteiger partial charge in [0.2, 0.25) is 0 Å². The van der Waals surface area contributed by atoms with Gasteiger partial charge in [0.25, 0.3) is 5.91 Å². The van der Waals surface area contributed by atoms with Crippen LogP contribution in [-0.2, 0) is 12.7 Å². The molecule has 0 unspecified atom stereocenters. The second kappa shape index (κ2) is 10.7. The summed E-state index contributed by atoms with van der Waals surface area (Å²) in [5.41, 5.74) is 3.16. The summed E-state index contributed by atoms with van der Waals surface area (Å²) < 4.78 is 44.1. The molecular weight excluding hydrogens is 471 g/mol. The maximum Gasteiger partial charge on any atom is 0.416 e. The van der Waals surface area contributed by atoms with E-state index in [2.05, 4.69) is 15.2 Å². The van der Waals surface area contributed by atoms with E-state index < -0.39 is 17.8 Å². The van der Waals surface area contributed by atoms with E-state index in [4.69, 9.17) is 4.74 Å². The second-order valence-corrected chi connectivity index (χ2v) is 9.10. The lowest BCUT2D eigenvalue weighted by Gasteiger charge is -2.39. The lowest BCUT2D eigenvalue weighted by Crippen LogP contribution is -2.53. The first-order valence-corrected chi connectivity index (χ1v) is 11.7. The molecule has 0 radical (unpaired) electrons. The summed E-state index contributed by atoms with van der Waals surface area (Å²) in [5.74, 6) is 0.410. The molecule has 1 aliphatic rings. The summed E-state index contributed by atoms with van der Waals surface area (Å²) in [6.07, 6.45) is -3.28. The Morgan fingerprint density at radius 3 is 2.47 bits per heavy atom. The number of pyridine rings is 1. The van der Waals surface area contributed by atoms with E-state index in [1.807, 2.05) is 31.2 Å². The van der Waals surface area contributed by atoms with Crippen LogP contribution in [0.2, 0.25) is 0 Å². The van der Waals surface area contributed by atoms with Crippen molar-refractivity contribution in [3.63, 3.8) is 0 Å². The monoisotopic (exact) mass is 499 g/mol. The molecule has 1 saturated heterocycles. The third-order valence-corrected chi connectivity index (χ3v) is 5.98. The van der Waals surface area contributed by atoms with Crippen LogP contribution in [0.5, 0.6) is 5.75 Å². The molecule has 0 bridgehead atoms. The van der Waals surface area contributed by atoms with Crippen LogP contribution in [-0.4, -0.2) is 52.7 Å². The van der Waals surface area contributed by atoms with Gasteiger partial charge in [0.1, 0.15) is 11.9 Å². The number of rotatable bonds is 8. The Balaban J connectivity index is 1.28. The zero-order chi connectivity index (χ0) is 25.9. The van der Waals surface area contributed by atoms with E-state index in [9.17, 15) is 23.1 Å². The molecule has 1 aliphatic heterocycles. The number of aryl methyl sites for hydroxylation is 1. The van der Waals surface area contributed by atoms with E-state index in [1.54, 1.807) is 19.2 Å². The Bertz CT molecular complexity index is 1190. The molecule has 6 nitrogen and oxygen atoms in total. The van der Waals surface area contributed by atoms with Gasteiger partial charge in [-0.25, -0.2) is 0 Å². The fraction of sp³-hybridized carbons (Fsp3) is 0.333. The number of nitrogens with one attached hydrogen (secondary N) is 1. The first-order valence-electron chi connectivity index (χ1n) is 11.7. The van der Waals surface area contributed by atoms with Crippen LogP contribution in [0.4, 0.5) is 13.2 Å². The molecular formula is C27H28F3N3O3. The lowest BCUT2D eigenvalue weighted by atomic mass is 10.0. The highest BCUT2D eigenvalue weighted by Crippen LogP contribution is 2.30. The topological polar surface area (TPSA) is 74.7 Å². The Labute approximate surface area is 207 Å². The summed E-state index contributed by atoms with van der Waals surface area (Å²) in [4.78, 5) is 18.9. The molecule has 0 saturated carbocycles. The highest BCUT2D eigenvalue weighted by molar-refractivity contribution is 5.96. The number of aromatic nitrogens is 1. The first-order chi connectivity index (χ1) is 17.1. The smallest absolute Gasteiger partial charge is 0.416 e. The number of halogens is 3. The van der Waals surface area contributed by atoms with E-state index in [0.717, 1.165) is 34.5 Å². The Hall–Kier alpha value is -3.43. The molecule has 2 aromatic carbocycles. The van der Waals surface area contributed by atoms with Crippen molar-refractivity contribution < 1.29 is 27.8 Å². The van der Waals surface area contributed by atoms with Gasteiger partial charge in [-0.05, 0) is 61.4 Å². The molecule has 1 fully saturated rings. The van der Waals surface area contributed by atoms with Gasteiger partial charge in [-0.1, -0.05) is 18.2 Å². The van der Waals surface area contributed by atoms with Crippen LogP contribution in [0.15, 0.2) is 60.8 Å². The third-order valence-electron chi connectivity index (χ3n) is 5.98. The number of alkyl halides is 3. The molecule has 0 spiro atoms. The highest BCUT2D eigenvalue weighted by Gasteiger charge is 2.31. The van der Waals surface area contributed by atoms with Gasteiger partial charge in [0.05, 0.1) is 23.6 Å². The molecule has 1 aromatic heterocycles. The second-order valence-electron chi connectivity index (χ2n) is 9.10. The van der Waals surface area contributed by atoms with Crippen molar-refractivity contribution in [2.24, 2.45) is 0 Å². The Kier molecular flexibility index (Phi) is 7.61. The van der Waals surface area contributed by atoms with Crippen molar-refractivity contribution in [3.8, 4) is 17.0 Å². The van der Waals surface area contributed by atoms with Gasteiger partial charge in [-0.3, -0.25) is 14.7 Å². The number of ether oxygens (including phenoxy) is 1. The number of amides is 1. The number of hydrogen-bond donors (Lipinski definition) is 2. The lowest BCUT2D eigenvalue weighted by molar-refractivity contribution is -0.137. The molecule has 0 aliphatic carbocycles. The van der Waals surface area contributed by atoms with Gasteiger partial charge in [-0.2, -0.15) is 13.2 Å². The van der Waals surface area contributed by atoms with Gasteiger partial charge in [0.15, 0.2) is 0 Å². The molecule has 2 N–H and O–H groups in total. The molecule has 1 atom stereocenters. The number of carbonyl (C=O) groups excluding carboxylic acids is 1. The van der Waals surface area contributed by atoms with Crippen molar-refractivity contribution in [1.82, 2.24) is 15.2 Å². The third kappa shape index (κ3) is 6.41. The summed E-state index contributed by atoms with van der Waals surface area (Å²) in [6.45, 7) is 5.59. The van der Waals surface area contributed by atoms with Crippen molar-refractivity contribution in [1.29, 1.82) is 0 Å². The number of carbonyl (C=O) groups is 1. The van der Waals surface area contributed by atoms with Crippen molar-refractivity contribution in [2.75, 3.05) is 19.6 Å². The van der Waals surface area contributed by atoms with Crippen LogP contribution in [0.1, 0.15) is 34.0 Å². The number of aliphatic hydroxyl groups is 1. The van der Waals surface area contributed by atoms with Gasteiger partial charge >= 0.3 is 6.18 Å². The number of likely N-dealkylation sites (tertiary alicyclic amines) is 1. The van der Waals surface area contributed by atoms with E-state index in [1.165, 1.54) is 12.1 Å². The quantitative estimate of drug-likeness (QED) is 0.479. The zero-order valence-corrected chi connectivity index (χ0v) is 20.0. The molecule has 1 amide bonds. The number of hydrogen-bond acceptors (Lipinski definition) is 5. The predicted molar refractivity (Wildman–Crippen MR) is 130 cm³/mol. The van der Waals surface area contributed by atoms with Gasteiger partial charge in [0, 0.05) is 37.3 Å². The average Bonchev–Trinajstić information content (AvgIpc) is 2.81. The number of nitrogens with zero attached hydrogens (tertiary/aromatic N) is 2. The van der Waals surface area contributed by atoms with Crippen LogP contribution in [0.3, 0.4) is 0 Å². The standard InChI is InChI=1S/C27H28F3N3O3/c1-17-11-20(5-9-24(17)26(35)32-12-18(2)34)25-10-8-22(13-31-25)36-23-15-33(16-23)14-19-3-6-21(7-4-19)27(28,29)30/h3-11,13,18,23,34H,12,14-16H2,1-2H3,(H,32,35)/t18-/m0/s1. The van der Waals surface area contributed by atoms with Crippen molar-refractivity contribution in [2.45, 2.75) is 38.8 Å². The normalized spacial score (nSPS) is 15.3. The van der Waals surface area contributed by atoms with Crippen LogP contribution in [0, 0.1) is 6.92 Å². The minimum atomic E-state index is -4.32. The zero-order valence-electron chi connectivity index (χ0n) is 20.0. The largest absolute Gasteiger partial charge is 0.486 e. The molecule has 190 valence electrons. The minimum Gasteiger partial charge on any atom is -0.486 e.